The summed E-state index contributed by atoms with van der Waals surface area (Å²) < 4.78 is 5.24. The van der Waals surface area contributed by atoms with Crippen molar-refractivity contribution < 1.29 is 9.21 Å². The van der Waals surface area contributed by atoms with Crippen LogP contribution in [0.5, 0.6) is 0 Å². The van der Waals surface area contributed by atoms with Gasteiger partial charge in [0.1, 0.15) is 5.76 Å². The molecule has 150 valence electrons. The molecular weight excluding hydrogens is 364 g/mol. The van der Waals surface area contributed by atoms with E-state index >= 15 is 0 Å². The Morgan fingerprint density at radius 3 is 2.55 bits per heavy atom. The molecule has 2 aromatic carbocycles. The van der Waals surface area contributed by atoms with Gasteiger partial charge in [0.25, 0.3) is 5.91 Å². The van der Waals surface area contributed by atoms with Gasteiger partial charge in [-0.15, -0.1) is 0 Å². The minimum absolute atomic E-state index is 0.126. The SMILES string of the molecule is CN=C(NCc1cccc(C(=O)NCc2ccco2)c1)NC(C)c1ccccc1. The fourth-order valence-corrected chi connectivity index (χ4v) is 2.92. The number of guanidine groups is 1. The molecule has 3 N–H and O–H groups in total. The third-order valence-electron chi connectivity index (χ3n) is 4.53. The minimum atomic E-state index is -0.136. The van der Waals surface area contributed by atoms with Crippen LogP contribution in [0.1, 0.15) is 40.2 Å². The Hall–Kier alpha value is -3.54. The number of nitrogens with zero attached hydrogens (tertiary/aromatic N) is 1. The van der Waals surface area contributed by atoms with E-state index in [1.165, 1.54) is 5.56 Å². The van der Waals surface area contributed by atoms with Crippen LogP contribution in [-0.4, -0.2) is 18.9 Å². The first kappa shape index (κ1) is 20.2. The first-order chi connectivity index (χ1) is 14.2. The monoisotopic (exact) mass is 390 g/mol. The molecule has 0 radical (unpaired) electrons. The van der Waals surface area contributed by atoms with Crippen LogP contribution in [0.4, 0.5) is 0 Å². The molecule has 0 aliphatic carbocycles. The lowest BCUT2D eigenvalue weighted by molar-refractivity contribution is 0.0948. The van der Waals surface area contributed by atoms with Crippen molar-refractivity contribution in [3.05, 3.63) is 95.4 Å². The number of rotatable bonds is 7. The van der Waals surface area contributed by atoms with Crippen LogP contribution < -0.4 is 16.0 Å². The van der Waals surface area contributed by atoms with E-state index in [0.717, 1.165) is 11.3 Å². The number of furan rings is 1. The molecule has 6 heteroatoms. The van der Waals surface area contributed by atoms with Gasteiger partial charge in [-0.2, -0.15) is 0 Å². The van der Waals surface area contributed by atoms with Gasteiger partial charge in [0.2, 0.25) is 0 Å². The fraction of sp³-hybridized carbons (Fsp3) is 0.217. The average molecular weight is 390 g/mol. The van der Waals surface area contributed by atoms with Crippen molar-refractivity contribution in [3.63, 3.8) is 0 Å². The van der Waals surface area contributed by atoms with Crippen molar-refractivity contribution in [3.8, 4) is 0 Å². The van der Waals surface area contributed by atoms with E-state index in [0.29, 0.717) is 24.6 Å². The maximum Gasteiger partial charge on any atom is 0.251 e. The van der Waals surface area contributed by atoms with Gasteiger partial charge in [-0.25, -0.2) is 0 Å². The van der Waals surface area contributed by atoms with Gasteiger partial charge < -0.3 is 20.4 Å². The average Bonchev–Trinajstić information content (AvgIpc) is 3.29. The lowest BCUT2D eigenvalue weighted by Crippen LogP contribution is -2.38. The second-order valence-electron chi connectivity index (χ2n) is 6.66. The molecule has 0 saturated heterocycles. The van der Waals surface area contributed by atoms with Crippen LogP contribution >= 0.6 is 0 Å². The molecule has 0 aliphatic heterocycles. The molecule has 1 aromatic heterocycles. The predicted molar refractivity (Wildman–Crippen MR) is 115 cm³/mol. The van der Waals surface area contributed by atoms with E-state index in [1.807, 2.05) is 42.5 Å². The topological polar surface area (TPSA) is 78.7 Å². The van der Waals surface area contributed by atoms with E-state index < -0.39 is 0 Å². The van der Waals surface area contributed by atoms with Crippen molar-refractivity contribution in [2.75, 3.05) is 7.05 Å². The summed E-state index contributed by atoms with van der Waals surface area (Å²) in [4.78, 5) is 16.7. The summed E-state index contributed by atoms with van der Waals surface area (Å²) >= 11 is 0. The van der Waals surface area contributed by atoms with Gasteiger partial charge in [-0.05, 0) is 42.3 Å². The van der Waals surface area contributed by atoms with E-state index in [4.69, 9.17) is 4.42 Å². The van der Waals surface area contributed by atoms with E-state index in [1.54, 1.807) is 25.4 Å². The van der Waals surface area contributed by atoms with Gasteiger partial charge >= 0.3 is 0 Å². The van der Waals surface area contributed by atoms with Crippen molar-refractivity contribution >= 4 is 11.9 Å². The number of aliphatic imine (C=N–C) groups is 1. The highest BCUT2D eigenvalue weighted by Gasteiger charge is 2.09. The summed E-state index contributed by atoms with van der Waals surface area (Å²) in [5, 5.41) is 9.53. The second-order valence-corrected chi connectivity index (χ2v) is 6.66. The standard InChI is InChI=1S/C23H26N4O2/c1-17(19-9-4-3-5-10-19)27-23(24-2)26-15-18-8-6-11-20(14-18)22(28)25-16-21-12-7-13-29-21/h3-14,17H,15-16H2,1-2H3,(H,25,28)(H2,24,26,27). The molecule has 0 fully saturated rings. The molecule has 3 aromatic rings. The van der Waals surface area contributed by atoms with Crippen LogP contribution in [0.25, 0.3) is 0 Å². The van der Waals surface area contributed by atoms with Gasteiger partial charge in [0.05, 0.1) is 18.8 Å². The Morgan fingerprint density at radius 2 is 1.83 bits per heavy atom. The first-order valence-corrected chi connectivity index (χ1v) is 9.57. The second kappa shape index (κ2) is 10.1. The summed E-state index contributed by atoms with van der Waals surface area (Å²) in [6.07, 6.45) is 1.59. The highest BCUT2D eigenvalue weighted by atomic mass is 16.3. The number of carbonyl (C=O) groups is 1. The van der Waals surface area contributed by atoms with Crippen LogP contribution in [0.15, 0.2) is 82.4 Å². The molecule has 6 nitrogen and oxygen atoms in total. The van der Waals surface area contributed by atoms with Crippen LogP contribution in [0, 0.1) is 0 Å². The van der Waals surface area contributed by atoms with Crippen molar-refractivity contribution in [1.82, 2.24) is 16.0 Å². The molecule has 0 bridgehead atoms. The zero-order valence-electron chi connectivity index (χ0n) is 16.7. The summed E-state index contributed by atoms with van der Waals surface area (Å²) in [5.74, 6) is 1.29. The summed E-state index contributed by atoms with van der Waals surface area (Å²) in [6.45, 7) is 3.01. The van der Waals surface area contributed by atoms with Gasteiger partial charge in [-0.1, -0.05) is 42.5 Å². The fourth-order valence-electron chi connectivity index (χ4n) is 2.92. The largest absolute Gasteiger partial charge is 0.467 e. The molecule has 1 atom stereocenters. The molecule has 3 rings (SSSR count). The Balaban J connectivity index is 1.54. The summed E-state index contributed by atoms with van der Waals surface area (Å²) in [7, 11) is 1.74. The highest BCUT2D eigenvalue weighted by Crippen LogP contribution is 2.11. The molecule has 1 unspecified atom stereocenters. The summed E-state index contributed by atoms with van der Waals surface area (Å²) in [5.41, 5.74) is 2.79. The minimum Gasteiger partial charge on any atom is -0.467 e. The van der Waals surface area contributed by atoms with Gasteiger partial charge in [0, 0.05) is 19.2 Å². The Bertz CT molecular complexity index is 937. The predicted octanol–water partition coefficient (Wildman–Crippen LogP) is 3.64. The molecule has 29 heavy (non-hydrogen) atoms. The van der Waals surface area contributed by atoms with Crippen molar-refractivity contribution in [2.24, 2.45) is 4.99 Å². The zero-order valence-corrected chi connectivity index (χ0v) is 16.7. The first-order valence-electron chi connectivity index (χ1n) is 9.57. The molecular formula is C23H26N4O2. The highest BCUT2D eigenvalue weighted by molar-refractivity contribution is 5.94. The zero-order chi connectivity index (χ0) is 20.5. The van der Waals surface area contributed by atoms with Crippen LogP contribution in [0.2, 0.25) is 0 Å². The van der Waals surface area contributed by atoms with E-state index in [-0.39, 0.29) is 11.9 Å². The third kappa shape index (κ3) is 5.97. The van der Waals surface area contributed by atoms with Crippen molar-refractivity contribution in [1.29, 1.82) is 0 Å². The molecule has 1 heterocycles. The third-order valence-corrected chi connectivity index (χ3v) is 4.53. The molecule has 0 aliphatic rings. The molecule has 0 saturated carbocycles. The number of amides is 1. The van der Waals surface area contributed by atoms with Gasteiger partial charge in [-0.3, -0.25) is 9.79 Å². The van der Waals surface area contributed by atoms with E-state index in [9.17, 15) is 4.79 Å². The Kier molecular flexibility index (Phi) is 7.05. The number of carbonyl (C=O) groups excluding carboxylic acids is 1. The summed E-state index contributed by atoms with van der Waals surface area (Å²) in [6, 6.07) is 21.5. The normalized spacial score (nSPS) is 12.3. The number of nitrogens with one attached hydrogen (secondary N) is 3. The molecule has 0 spiro atoms. The quantitative estimate of drug-likeness (QED) is 0.425. The number of hydrogen-bond acceptors (Lipinski definition) is 3. The Labute approximate surface area is 171 Å². The smallest absolute Gasteiger partial charge is 0.251 e. The van der Waals surface area contributed by atoms with Gasteiger partial charge in [0.15, 0.2) is 5.96 Å². The van der Waals surface area contributed by atoms with Crippen molar-refractivity contribution in [2.45, 2.75) is 26.1 Å². The molecule has 1 amide bonds. The number of benzene rings is 2. The maximum atomic E-state index is 12.4. The lowest BCUT2D eigenvalue weighted by atomic mass is 10.1. The van der Waals surface area contributed by atoms with E-state index in [2.05, 4.69) is 40.0 Å². The lowest BCUT2D eigenvalue weighted by Gasteiger charge is -2.18. The van der Waals surface area contributed by atoms with Crippen LogP contribution in [-0.2, 0) is 13.1 Å². The maximum absolute atomic E-state index is 12.4. The Morgan fingerprint density at radius 1 is 1.00 bits per heavy atom. The number of hydrogen-bond donors (Lipinski definition) is 3. The van der Waals surface area contributed by atoms with Crippen LogP contribution in [0.3, 0.4) is 0 Å².